The van der Waals surface area contributed by atoms with E-state index in [-0.39, 0.29) is 11.9 Å². The minimum Gasteiger partial charge on any atom is -0.337 e. The zero-order chi connectivity index (χ0) is 18.8. The van der Waals surface area contributed by atoms with Crippen LogP contribution >= 0.6 is 11.6 Å². The van der Waals surface area contributed by atoms with Crippen LogP contribution in [0.1, 0.15) is 35.9 Å². The van der Waals surface area contributed by atoms with Crippen LogP contribution in [0.4, 0.5) is 0 Å². The average molecular weight is 382 g/mol. The van der Waals surface area contributed by atoms with Crippen LogP contribution in [0.2, 0.25) is 5.02 Å². The van der Waals surface area contributed by atoms with Gasteiger partial charge in [0.25, 0.3) is 0 Å². The Labute approximate surface area is 163 Å². The molecule has 0 saturated carbocycles. The summed E-state index contributed by atoms with van der Waals surface area (Å²) in [6, 6.07) is 15.3. The van der Waals surface area contributed by atoms with E-state index in [4.69, 9.17) is 16.1 Å². The van der Waals surface area contributed by atoms with E-state index in [0.29, 0.717) is 29.7 Å². The number of carbonyl (C=O) groups is 1. The third-order valence-electron chi connectivity index (χ3n) is 4.89. The number of halogens is 1. The molecular weight excluding hydrogens is 362 g/mol. The molecule has 0 bridgehead atoms. The Hall–Kier alpha value is -2.66. The van der Waals surface area contributed by atoms with Crippen LogP contribution in [0, 0.1) is 6.92 Å². The first-order valence-electron chi connectivity index (χ1n) is 9.05. The molecule has 1 aliphatic heterocycles. The smallest absolute Gasteiger partial charge is 0.249 e. The largest absolute Gasteiger partial charge is 0.337 e. The molecule has 0 N–H and O–H groups in total. The topological polar surface area (TPSA) is 59.2 Å². The number of rotatable bonds is 4. The number of aromatic nitrogens is 2. The van der Waals surface area contributed by atoms with Gasteiger partial charge in [-0.15, -0.1) is 0 Å². The lowest BCUT2D eigenvalue weighted by atomic mass is 10.1. The van der Waals surface area contributed by atoms with E-state index in [0.717, 1.165) is 24.0 Å². The Morgan fingerprint density at radius 1 is 1.22 bits per heavy atom. The summed E-state index contributed by atoms with van der Waals surface area (Å²) < 4.78 is 5.49. The monoisotopic (exact) mass is 381 g/mol. The quantitative estimate of drug-likeness (QED) is 0.662. The summed E-state index contributed by atoms with van der Waals surface area (Å²) in [6.45, 7) is 2.74. The van der Waals surface area contributed by atoms with Crippen molar-refractivity contribution in [2.75, 3.05) is 6.54 Å². The molecule has 4 rings (SSSR count). The number of carbonyl (C=O) groups excluding carboxylic acids is 1. The Morgan fingerprint density at radius 2 is 2.00 bits per heavy atom. The van der Waals surface area contributed by atoms with Crippen LogP contribution in [0.15, 0.2) is 53.1 Å². The molecule has 0 aliphatic carbocycles. The lowest BCUT2D eigenvalue weighted by Crippen LogP contribution is -2.32. The highest BCUT2D eigenvalue weighted by Gasteiger charge is 2.34. The molecule has 27 heavy (non-hydrogen) atoms. The van der Waals surface area contributed by atoms with Gasteiger partial charge in [-0.25, -0.2) is 0 Å². The lowest BCUT2D eigenvalue weighted by Gasteiger charge is -2.22. The first kappa shape index (κ1) is 17.7. The number of hydrogen-bond acceptors (Lipinski definition) is 4. The van der Waals surface area contributed by atoms with E-state index in [9.17, 15) is 4.79 Å². The van der Waals surface area contributed by atoms with Crippen LogP contribution in [0.5, 0.6) is 0 Å². The molecule has 1 saturated heterocycles. The molecule has 6 heteroatoms. The zero-order valence-electron chi connectivity index (χ0n) is 15.1. The first-order valence-corrected chi connectivity index (χ1v) is 9.43. The average Bonchev–Trinajstić information content (AvgIpc) is 3.33. The van der Waals surface area contributed by atoms with Gasteiger partial charge in [-0.2, -0.15) is 4.98 Å². The summed E-state index contributed by atoms with van der Waals surface area (Å²) in [5.41, 5.74) is 2.92. The SMILES string of the molecule is Cc1ccc(CC(=O)N2CCCC2c2nc(-c3ccccc3Cl)no2)cc1. The van der Waals surface area contributed by atoms with E-state index < -0.39 is 0 Å². The van der Waals surface area contributed by atoms with Gasteiger partial charge < -0.3 is 9.42 Å². The van der Waals surface area contributed by atoms with Crippen LogP contribution in [0.3, 0.4) is 0 Å². The van der Waals surface area contributed by atoms with Crippen molar-refractivity contribution in [3.05, 3.63) is 70.6 Å². The standard InChI is InChI=1S/C21H20ClN3O2/c1-14-8-10-15(11-9-14)13-19(26)25-12-4-7-18(25)21-23-20(24-27-21)16-5-2-3-6-17(16)22/h2-3,5-6,8-11,18H,4,7,12-13H2,1H3. The van der Waals surface area contributed by atoms with Gasteiger partial charge in [0, 0.05) is 12.1 Å². The fraction of sp³-hybridized carbons (Fsp3) is 0.286. The van der Waals surface area contributed by atoms with Crippen LogP contribution in [-0.4, -0.2) is 27.5 Å². The highest BCUT2D eigenvalue weighted by molar-refractivity contribution is 6.33. The van der Waals surface area contributed by atoms with Crippen molar-refractivity contribution in [3.8, 4) is 11.4 Å². The Bertz CT molecular complexity index is 952. The Morgan fingerprint density at radius 3 is 2.78 bits per heavy atom. The van der Waals surface area contributed by atoms with Gasteiger partial charge in [0.2, 0.25) is 17.6 Å². The van der Waals surface area contributed by atoms with Crippen molar-refractivity contribution in [3.63, 3.8) is 0 Å². The molecule has 1 aromatic heterocycles. The molecule has 3 aromatic rings. The molecule has 1 aliphatic rings. The van der Waals surface area contributed by atoms with Crippen molar-refractivity contribution in [1.29, 1.82) is 0 Å². The number of likely N-dealkylation sites (tertiary alicyclic amines) is 1. The summed E-state index contributed by atoms with van der Waals surface area (Å²) in [5.74, 6) is 1.01. The van der Waals surface area contributed by atoms with Gasteiger partial charge >= 0.3 is 0 Å². The summed E-state index contributed by atoms with van der Waals surface area (Å²) in [4.78, 5) is 19.2. The van der Waals surface area contributed by atoms with Gasteiger partial charge in [-0.05, 0) is 37.5 Å². The number of nitrogens with zero attached hydrogens (tertiary/aromatic N) is 3. The molecule has 1 atom stereocenters. The molecule has 0 radical (unpaired) electrons. The maximum atomic E-state index is 12.8. The molecule has 0 spiro atoms. The third kappa shape index (κ3) is 3.74. The van der Waals surface area contributed by atoms with Gasteiger partial charge in [-0.1, -0.05) is 58.7 Å². The van der Waals surface area contributed by atoms with Gasteiger partial charge in [0.15, 0.2) is 0 Å². The molecule has 1 fully saturated rings. The Kier molecular flexibility index (Phi) is 4.94. The predicted molar refractivity (Wildman–Crippen MR) is 103 cm³/mol. The maximum Gasteiger partial charge on any atom is 0.249 e. The molecule has 1 unspecified atom stereocenters. The molecule has 1 amide bonds. The second-order valence-corrected chi connectivity index (χ2v) is 7.25. The van der Waals surface area contributed by atoms with E-state index >= 15 is 0 Å². The van der Waals surface area contributed by atoms with Crippen molar-refractivity contribution in [2.24, 2.45) is 0 Å². The Balaban J connectivity index is 1.52. The number of aryl methyl sites for hydroxylation is 1. The van der Waals surface area contributed by atoms with E-state index in [2.05, 4.69) is 10.1 Å². The molecule has 2 aromatic carbocycles. The van der Waals surface area contributed by atoms with Crippen LogP contribution < -0.4 is 0 Å². The van der Waals surface area contributed by atoms with Gasteiger partial charge in [0.1, 0.15) is 6.04 Å². The molecule has 138 valence electrons. The zero-order valence-corrected chi connectivity index (χ0v) is 15.8. The minimum absolute atomic E-state index is 0.0823. The van der Waals surface area contributed by atoms with E-state index in [1.54, 1.807) is 6.07 Å². The predicted octanol–water partition coefficient (Wildman–Crippen LogP) is 4.60. The maximum absolute atomic E-state index is 12.8. The first-order chi connectivity index (χ1) is 13.1. The van der Waals surface area contributed by atoms with Crippen molar-refractivity contribution in [1.82, 2.24) is 15.0 Å². The molecule has 5 nitrogen and oxygen atoms in total. The summed E-state index contributed by atoms with van der Waals surface area (Å²) >= 11 is 6.22. The molecule has 2 heterocycles. The number of benzene rings is 2. The number of amides is 1. The second kappa shape index (κ2) is 7.53. The summed E-state index contributed by atoms with van der Waals surface area (Å²) in [6.07, 6.45) is 2.13. The number of hydrogen-bond donors (Lipinski definition) is 0. The van der Waals surface area contributed by atoms with Crippen molar-refractivity contribution < 1.29 is 9.32 Å². The van der Waals surface area contributed by atoms with Gasteiger partial charge in [0.05, 0.1) is 11.4 Å². The second-order valence-electron chi connectivity index (χ2n) is 6.84. The normalized spacial score (nSPS) is 16.7. The highest BCUT2D eigenvalue weighted by atomic mass is 35.5. The van der Waals surface area contributed by atoms with Crippen molar-refractivity contribution in [2.45, 2.75) is 32.2 Å². The summed E-state index contributed by atoms with van der Waals surface area (Å²) in [5, 5.41) is 4.64. The van der Waals surface area contributed by atoms with Gasteiger partial charge in [-0.3, -0.25) is 4.79 Å². The molecular formula is C21H20ClN3O2. The van der Waals surface area contributed by atoms with Crippen LogP contribution in [0.25, 0.3) is 11.4 Å². The third-order valence-corrected chi connectivity index (χ3v) is 5.22. The fourth-order valence-electron chi connectivity index (χ4n) is 3.43. The van der Waals surface area contributed by atoms with Crippen molar-refractivity contribution >= 4 is 17.5 Å². The lowest BCUT2D eigenvalue weighted by molar-refractivity contribution is -0.131. The minimum atomic E-state index is -0.174. The van der Waals surface area contributed by atoms with E-state index in [1.807, 2.05) is 54.3 Å². The summed E-state index contributed by atoms with van der Waals surface area (Å²) in [7, 11) is 0. The van der Waals surface area contributed by atoms with E-state index in [1.165, 1.54) is 5.56 Å². The van der Waals surface area contributed by atoms with Crippen LogP contribution in [-0.2, 0) is 11.2 Å². The fourth-order valence-corrected chi connectivity index (χ4v) is 3.65. The highest BCUT2D eigenvalue weighted by Crippen LogP contribution is 2.33.